The van der Waals surface area contributed by atoms with Gasteiger partial charge in [-0.2, -0.15) is 0 Å². The molecule has 5 nitrogen and oxygen atoms in total. The minimum atomic E-state index is 0.226. The van der Waals surface area contributed by atoms with Gasteiger partial charge in [-0.15, -0.1) is 0 Å². The molecule has 2 aromatic carbocycles. The molecule has 1 fully saturated rings. The van der Waals surface area contributed by atoms with Gasteiger partial charge >= 0.3 is 0 Å². The fraction of sp³-hybridized carbons (Fsp3) is 0.385. The highest BCUT2D eigenvalue weighted by Gasteiger charge is 2.21. The van der Waals surface area contributed by atoms with Gasteiger partial charge in [-0.05, 0) is 16.7 Å². The van der Waals surface area contributed by atoms with Crippen molar-refractivity contribution in [1.29, 1.82) is 0 Å². The van der Waals surface area contributed by atoms with Gasteiger partial charge in [0.25, 0.3) is 0 Å². The number of benzene rings is 2. The first kappa shape index (κ1) is 21.3. The van der Waals surface area contributed by atoms with E-state index >= 15 is 0 Å². The summed E-state index contributed by atoms with van der Waals surface area (Å²) in [7, 11) is 0. The molecule has 1 aromatic heterocycles. The van der Waals surface area contributed by atoms with Crippen molar-refractivity contribution in [2.75, 3.05) is 32.7 Å². The number of hydrogen-bond donors (Lipinski definition) is 0. The average molecular weight is 417 g/mol. The normalized spacial score (nSPS) is 14.9. The topological polar surface area (TPSA) is 41.4 Å². The number of hydrogen-bond acceptors (Lipinski definition) is 3. The Morgan fingerprint density at radius 1 is 0.903 bits per heavy atom. The first-order valence-electron chi connectivity index (χ1n) is 11.3. The van der Waals surface area contributed by atoms with Gasteiger partial charge in [0.1, 0.15) is 5.82 Å². The Bertz CT molecular complexity index is 970. The summed E-state index contributed by atoms with van der Waals surface area (Å²) in [5.74, 6) is 1.81. The Balaban J connectivity index is 1.24. The van der Waals surface area contributed by atoms with Crippen molar-refractivity contribution in [3.63, 3.8) is 0 Å². The van der Waals surface area contributed by atoms with Gasteiger partial charge in [0, 0.05) is 57.6 Å². The van der Waals surface area contributed by atoms with Crippen LogP contribution in [0.5, 0.6) is 0 Å². The maximum Gasteiger partial charge on any atom is 0.227 e. The third-order valence-electron chi connectivity index (χ3n) is 6.06. The lowest BCUT2D eigenvalue weighted by Crippen LogP contribution is -2.49. The lowest BCUT2D eigenvalue weighted by Gasteiger charge is -2.35. The molecule has 3 aromatic rings. The van der Waals surface area contributed by atoms with Crippen LogP contribution >= 0.6 is 0 Å². The molecule has 1 aliphatic rings. The molecule has 0 bridgehead atoms. The van der Waals surface area contributed by atoms with E-state index in [1.165, 1.54) is 11.1 Å². The van der Waals surface area contributed by atoms with E-state index in [4.69, 9.17) is 0 Å². The summed E-state index contributed by atoms with van der Waals surface area (Å²) >= 11 is 0. The molecular weight excluding hydrogens is 384 g/mol. The van der Waals surface area contributed by atoms with Gasteiger partial charge in [0.05, 0.1) is 6.42 Å². The maximum atomic E-state index is 12.8. The standard InChI is InChI=1S/C26H32N4O/c1-21(2)26-27-12-13-30(26)19-16-28-14-17-29(18-15-28)25(31)20-22-8-10-24(11-9-22)23-6-4-3-5-7-23/h3-13,21H,14-20H2,1-2H3. The van der Waals surface area contributed by atoms with Crippen molar-refractivity contribution in [3.05, 3.63) is 78.4 Å². The van der Waals surface area contributed by atoms with Gasteiger partial charge in [-0.25, -0.2) is 4.98 Å². The molecule has 2 heterocycles. The second-order valence-corrected chi connectivity index (χ2v) is 8.60. The Morgan fingerprint density at radius 3 is 2.26 bits per heavy atom. The highest BCUT2D eigenvalue weighted by atomic mass is 16.2. The lowest BCUT2D eigenvalue weighted by molar-refractivity contribution is -0.132. The maximum absolute atomic E-state index is 12.8. The number of carbonyl (C=O) groups excluding carboxylic acids is 1. The van der Waals surface area contributed by atoms with E-state index in [2.05, 4.69) is 70.9 Å². The van der Waals surface area contributed by atoms with E-state index in [-0.39, 0.29) is 5.91 Å². The molecule has 0 spiro atoms. The van der Waals surface area contributed by atoms with Crippen LogP contribution in [0.1, 0.15) is 31.2 Å². The number of aromatic nitrogens is 2. The van der Waals surface area contributed by atoms with E-state index < -0.39 is 0 Å². The molecular formula is C26H32N4O. The lowest BCUT2D eigenvalue weighted by atomic mass is 10.0. The molecule has 0 aliphatic carbocycles. The Kier molecular flexibility index (Phi) is 6.82. The Labute approximate surface area is 185 Å². The molecule has 0 unspecified atom stereocenters. The van der Waals surface area contributed by atoms with Crippen LogP contribution in [0.2, 0.25) is 0 Å². The number of nitrogens with zero attached hydrogens (tertiary/aromatic N) is 4. The molecule has 162 valence electrons. The second-order valence-electron chi connectivity index (χ2n) is 8.60. The summed E-state index contributed by atoms with van der Waals surface area (Å²) in [5, 5.41) is 0. The van der Waals surface area contributed by atoms with E-state index in [0.29, 0.717) is 12.3 Å². The molecule has 5 heteroatoms. The van der Waals surface area contributed by atoms with E-state index in [1.807, 2.05) is 29.3 Å². The zero-order chi connectivity index (χ0) is 21.6. The first-order valence-corrected chi connectivity index (χ1v) is 11.3. The molecule has 0 atom stereocenters. The average Bonchev–Trinajstić information content (AvgIpc) is 3.28. The number of carbonyl (C=O) groups is 1. The summed E-state index contributed by atoms with van der Waals surface area (Å²) in [6.45, 7) is 9.80. The molecule has 1 saturated heterocycles. The van der Waals surface area contributed by atoms with Crippen molar-refractivity contribution < 1.29 is 4.79 Å². The Morgan fingerprint density at radius 2 is 1.58 bits per heavy atom. The van der Waals surface area contributed by atoms with Crippen LogP contribution in [0.15, 0.2) is 67.0 Å². The fourth-order valence-corrected chi connectivity index (χ4v) is 4.21. The first-order chi connectivity index (χ1) is 15.1. The summed E-state index contributed by atoms with van der Waals surface area (Å²) in [6.07, 6.45) is 4.43. The van der Waals surface area contributed by atoms with Crippen LogP contribution in [0.3, 0.4) is 0 Å². The van der Waals surface area contributed by atoms with Crippen molar-refractivity contribution in [3.8, 4) is 11.1 Å². The van der Waals surface area contributed by atoms with Gasteiger partial charge in [0.15, 0.2) is 0 Å². The number of amides is 1. The highest BCUT2D eigenvalue weighted by Crippen LogP contribution is 2.20. The van der Waals surface area contributed by atoms with Crippen LogP contribution in [-0.4, -0.2) is 58.0 Å². The fourth-order valence-electron chi connectivity index (χ4n) is 4.21. The molecule has 0 N–H and O–H groups in total. The minimum absolute atomic E-state index is 0.226. The minimum Gasteiger partial charge on any atom is -0.340 e. The van der Waals surface area contributed by atoms with Gasteiger partial charge in [-0.3, -0.25) is 9.69 Å². The van der Waals surface area contributed by atoms with Crippen molar-refractivity contribution >= 4 is 5.91 Å². The number of piperazine rings is 1. The predicted molar refractivity (Wildman–Crippen MR) is 125 cm³/mol. The van der Waals surface area contributed by atoms with Crippen LogP contribution in [0.25, 0.3) is 11.1 Å². The van der Waals surface area contributed by atoms with Crippen molar-refractivity contribution in [1.82, 2.24) is 19.4 Å². The molecule has 0 radical (unpaired) electrons. The zero-order valence-corrected chi connectivity index (χ0v) is 18.6. The van der Waals surface area contributed by atoms with E-state index in [9.17, 15) is 4.79 Å². The third kappa shape index (κ3) is 5.42. The smallest absolute Gasteiger partial charge is 0.227 e. The summed E-state index contributed by atoms with van der Waals surface area (Å²) in [5.41, 5.74) is 3.46. The van der Waals surface area contributed by atoms with Crippen LogP contribution < -0.4 is 0 Å². The van der Waals surface area contributed by atoms with E-state index in [0.717, 1.165) is 50.7 Å². The monoisotopic (exact) mass is 416 g/mol. The number of rotatable bonds is 7. The van der Waals surface area contributed by atoms with Crippen molar-refractivity contribution in [2.24, 2.45) is 0 Å². The zero-order valence-electron chi connectivity index (χ0n) is 18.6. The van der Waals surface area contributed by atoms with Gasteiger partial charge < -0.3 is 9.47 Å². The summed E-state index contributed by atoms with van der Waals surface area (Å²) in [6, 6.07) is 18.7. The summed E-state index contributed by atoms with van der Waals surface area (Å²) < 4.78 is 2.25. The SMILES string of the molecule is CC(C)c1nccn1CCN1CCN(C(=O)Cc2ccc(-c3ccccc3)cc2)CC1. The molecule has 4 rings (SSSR count). The Hall–Kier alpha value is -2.92. The summed E-state index contributed by atoms with van der Waals surface area (Å²) in [4.78, 5) is 21.7. The molecule has 0 saturated carbocycles. The third-order valence-corrected chi connectivity index (χ3v) is 6.06. The van der Waals surface area contributed by atoms with E-state index in [1.54, 1.807) is 0 Å². The van der Waals surface area contributed by atoms with Crippen LogP contribution in [-0.2, 0) is 17.8 Å². The molecule has 1 aliphatic heterocycles. The van der Waals surface area contributed by atoms with Crippen LogP contribution in [0, 0.1) is 0 Å². The quantitative estimate of drug-likeness (QED) is 0.583. The van der Waals surface area contributed by atoms with Gasteiger partial charge in [0.2, 0.25) is 5.91 Å². The largest absolute Gasteiger partial charge is 0.340 e. The number of imidazole rings is 1. The van der Waals surface area contributed by atoms with Gasteiger partial charge in [-0.1, -0.05) is 68.4 Å². The van der Waals surface area contributed by atoms with Crippen molar-refractivity contribution in [2.45, 2.75) is 32.7 Å². The second kappa shape index (κ2) is 9.92. The highest BCUT2D eigenvalue weighted by molar-refractivity contribution is 5.79. The molecule has 31 heavy (non-hydrogen) atoms. The van der Waals surface area contributed by atoms with Crippen LogP contribution in [0.4, 0.5) is 0 Å². The molecule has 1 amide bonds. The predicted octanol–water partition coefficient (Wildman–Crippen LogP) is 4.06.